The minimum atomic E-state index is 0. The number of rotatable bonds is 0. The molecule has 122 valence electrons. The highest BCUT2D eigenvalue weighted by Crippen LogP contribution is 2.26. The van der Waals surface area contributed by atoms with Crippen LogP contribution in [-0.4, -0.2) is 11.6 Å². The van der Waals surface area contributed by atoms with Gasteiger partial charge in [-0.3, -0.25) is 9.59 Å². The van der Waals surface area contributed by atoms with Gasteiger partial charge in [-0.15, -0.1) is 0 Å². The van der Waals surface area contributed by atoms with E-state index in [9.17, 15) is 9.59 Å². The number of benzene rings is 2. The number of hydrogen-bond donors (Lipinski definition) is 0. The van der Waals surface area contributed by atoms with Gasteiger partial charge in [0.1, 0.15) is 0 Å². The van der Waals surface area contributed by atoms with Crippen molar-refractivity contribution in [3.8, 4) is 0 Å². The van der Waals surface area contributed by atoms with Crippen molar-refractivity contribution >= 4 is 33.2 Å². The standard InChI is InChI=1S/C10H7NO.C9H7BrO.CH4/c1-11-8-3-4-9-7(6-8)2-5-10(9)12;10-7-2-3-8-6(5-7)1-4-9(8)11;/h3-4,6H,2,5H2;2-3,5H,1,4H2;1H4. The van der Waals surface area contributed by atoms with Gasteiger partial charge in [-0.25, -0.2) is 4.85 Å². The SMILES string of the molecule is C.O=C1CCc2cc(Br)ccc21.[C-]#[N+]c1ccc2c(c1)CCC2=O. The Hall–Kier alpha value is -2.25. The van der Waals surface area contributed by atoms with Gasteiger partial charge in [0.05, 0.1) is 6.57 Å². The molecule has 4 rings (SSSR count). The molecular formula is C20H18BrNO2. The first-order chi connectivity index (χ1) is 11.1. The van der Waals surface area contributed by atoms with Gasteiger partial charge in [0.15, 0.2) is 17.3 Å². The fraction of sp³-hybridized carbons (Fsp3) is 0.250. The molecule has 0 amide bonds. The first-order valence-electron chi connectivity index (χ1n) is 7.43. The van der Waals surface area contributed by atoms with Crippen LogP contribution >= 0.6 is 15.9 Å². The number of fused-ring (bicyclic) bond motifs is 2. The molecule has 0 bridgehead atoms. The number of carbonyl (C=O) groups excluding carboxylic acids is 2. The summed E-state index contributed by atoms with van der Waals surface area (Å²) in [5.41, 5.74) is 4.57. The van der Waals surface area contributed by atoms with E-state index in [1.165, 1.54) is 5.56 Å². The zero-order chi connectivity index (χ0) is 16.4. The largest absolute Gasteiger partial charge is 0.294 e. The lowest BCUT2D eigenvalue weighted by Gasteiger charge is -1.96. The summed E-state index contributed by atoms with van der Waals surface area (Å²) in [5, 5.41) is 0. The molecule has 2 aromatic rings. The van der Waals surface area contributed by atoms with Crippen molar-refractivity contribution < 1.29 is 9.59 Å². The third-order valence-corrected chi connectivity index (χ3v) is 4.62. The Morgan fingerprint density at radius 1 is 0.833 bits per heavy atom. The number of hydrogen-bond acceptors (Lipinski definition) is 2. The predicted molar refractivity (Wildman–Crippen MR) is 98.9 cm³/mol. The van der Waals surface area contributed by atoms with Crippen molar-refractivity contribution in [1.29, 1.82) is 0 Å². The highest BCUT2D eigenvalue weighted by Gasteiger charge is 2.19. The number of carbonyl (C=O) groups is 2. The van der Waals surface area contributed by atoms with E-state index >= 15 is 0 Å². The summed E-state index contributed by atoms with van der Waals surface area (Å²) in [7, 11) is 0. The van der Waals surface area contributed by atoms with E-state index in [1.54, 1.807) is 12.1 Å². The molecular weight excluding hydrogens is 366 g/mol. The third-order valence-electron chi connectivity index (χ3n) is 4.13. The van der Waals surface area contributed by atoms with E-state index in [0.29, 0.717) is 18.5 Å². The fourth-order valence-corrected chi connectivity index (χ4v) is 3.34. The second-order valence-corrected chi connectivity index (χ2v) is 6.52. The first-order valence-corrected chi connectivity index (χ1v) is 8.23. The average Bonchev–Trinajstić information content (AvgIpc) is 3.11. The highest BCUT2D eigenvalue weighted by molar-refractivity contribution is 9.10. The van der Waals surface area contributed by atoms with E-state index in [4.69, 9.17) is 6.57 Å². The van der Waals surface area contributed by atoms with Gasteiger partial charge in [-0.2, -0.15) is 0 Å². The Kier molecular flexibility index (Phi) is 5.69. The third kappa shape index (κ3) is 3.63. The van der Waals surface area contributed by atoms with Gasteiger partial charge in [0.25, 0.3) is 0 Å². The molecule has 0 saturated heterocycles. The van der Waals surface area contributed by atoms with Gasteiger partial charge >= 0.3 is 0 Å². The highest BCUT2D eigenvalue weighted by atomic mass is 79.9. The lowest BCUT2D eigenvalue weighted by atomic mass is 10.1. The maximum absolute atomic E-state index is 11.2. The molecule has 2 aromatic carbocycles. The molecule has 0 saturated carbocycles. The van der Waals surface area contributed by atoms with Crippen molar-refractivity contribution in [3.63, 3.8) is 0 Å². The van der Waals surface area contributed by atoms with Gasteiger partial charge in [0.2, 0.25) is 0 Å². The molecule has 0 heterocycles. The minimum Gasteiger partial charge on any atom is -0.294 e. The zero-order valence-electron chi connectivity index (χ0n) is 12.4. The summed E-state index contributed by atoms with van der Waals surface area (Å²) in [4.78, 5) is 25.7. The Bertz CT molecular complexity index is 849. The van der Waals surface area contributed by atoms with Gasteiger partial charge in [-0.1, -0.05) is 47.6 Å². The second-order valence-electron chi connectivity index (χ2n) is 5.60. The summed E-state index contributed by atoms with van der Waals surface area (Å²) >= 11 is 3.37. The van der Waals surface area contributed by atoms with Crippen LogP contribution in [0.1, 0.15) is 52.1 Å². The monoisotopic (exact) mass is 383 g/mol. The Morgan fingerprint density at radius 3 is 1.96 bits per heavy atom. The number of halogens is 1. The number of Topliss-reactive ketones (excluding diaryl/α,β-unsaturated/α-hetero) is 2. The molecule has 3 nitrogen and oxygen atoms in total. The van der Waals surface area contributed by atoms with Crippen molar-refractivity contribution in [2.24, 2.45) is 0 Å². The lowest BCUT2D eigenvalue weighted by molar-refractivity contribution is 0.0986. The van der Waals surface area contributed by atoms with Crippen LogP contribution in [0.3, 0.4) is 0 Å². The summed E-state index contributed by atoms with van der Waals surface area (Å²) in [6.45, 7) is 6.80. The van der Waals surface area contributed by atoms with E-state index in [1.807, 2.05) is 24.3 Å². The quantitative estimate of drug-likeness (QED) is 0.556. The van der Waals surface area contributed by atoms with Crippen LogP contribution in [0.5, 0.6) is 0 Å². The van der Waals surface area contributed by atoms with E-state index in [2.05, 4.69) is 20.8 Å². The number of ketones is 2. The van der Waals surface area contributed by atoms with Gasteiger partial charge in [-0.05, 0) is 36.1 Å². The lowest BCUT2D eigenvalue weighted by Crippen LogP contribution is -1.89. The van der Waals surface area contributed by atoms with Gasteiger partial charge < -0.3 is 0 Å². The molecule has 0 atom stereocenters. The number of aryl methyl sites for hydroxylation is 2. The molecule has 0 aromatic heterocycles. The Balaban J connectivity index is 0.000000167. The van der Waals surface area contributed by atoms with E-state index < -0.39 is 0 Å². The Morgan fingerprint density at radius 2 is 1.38 bits per heavy atom. The molecule has 0 fully saturated rings. The molecule has 0 radical (unpaired) electrons. The molecule has 0 spiro atoms. The summed E-state index contributed by atoms with van der Waals surface area (Å²) < 4.78 is 1.06. The summed E-state index contributed by atoms with van der Waals surface area (Å²) in [6.07, 6.45) is 3.01. The van der Waals surface area contributed by atoms with Crippen LogP contribution in [0.15, 0.2) is 40.9 Å². The van der Waals surface area contributed by atoms with Crippen molar-refractivity contribution in [2.45, 2.75) is 33.1 Å². The van der Waals surface area contributed by atoms with Crippen LogP contribution in [0.25, 0.3) is 4.85 Å². The van der Waals surface area contributed by atoms with Crippen molar-refractivity contribution in [2.75, 3.05) is 0 Å². The van der Waals surface area contributed by atoms with Crippen LogP contribution < -0.4 is 0 Å². The molecule has 0 unspecified atom stereocenters. The maximum Gasteiger partial charge on any atom is 0.187 e. The summed E-state index contributed by atoms with van der Waals surface area (Å²) in [5.74, 6) is 0.494. The molecule has 0 N–H and O–H groups in total. The molecule has 2 aliphatic carbocycles. The van der Waals surface area contributed by atoms with Crippen LogP contribution in [0.2, 0.25) is 0 Å². The maximum atomic E-state index is 11.2. The second kappa shape index (κ2) is 7.55. The van der Waals surface area contributed by atoms with Gasteiger partial charge in [0, 0.05) is 28.4 Å². The summed E-state index contributed by atoms with van der Waals surface area (Å²) in [6, 6.07) is 11.1. The minimum absolute atomic E-state index is 0. The Labute approximate surface area is 150 Å². The van der Waals surface area contributed by atoms with Crippen LogP contribution in [-0.2, 0) is 12.8 Å². The van der Waals surface area contributed by atoms with Crippen molar-refractivity contribution in [3.05, 3.63) is 74.5 Å². The smallest absolute Gasteiger partial charge is 0.187 e. The van der Waals surface area contributed by atoms with E-state index in [-0.39, 0.29) is 19.0 Å². The molecule has 0 aliphatic heterocycles. The molecule has 2 aliphatic rings. The van der Waals surface area contributed by atoms with Crippen LogP contribution in [0, 0.1) is 6.57 Å². The predicted octanol–water partition coefficient (Wildman–Crippen LogP) is 5.58. The zero-order valence-corrected chi connectivity index (χ0v) is 14.0. The number of nitrogens with zero attached hydrogens (tertiary/aromatic N) is 1. The fourth-order valence-electron chi connectivity index (χ4n) is 2.94. The first kappa shape index (κ1) is 18.1. The normalized spacial score (nSPS) is 14.0. The van der Waals surface area contributed by atoms with Crippen LogP contribution in [0.4, 0.5) is 5.69 Å². The topological polar surface area (TPSA) is 38.5 Å². The van der Waals surface area contributed by atoms with E-state index in [0.717, 1.165) is 34.0 Å². The van der Waals surface area contributed by atoms with Crippen molar-refractivity contribution in [1.82, 2.24) is 0 Å². The molecule has 4 heteroatoms. The average molecular weight is 384 g/mol. The molecule has 24 heavy (non-hydrogen) atoms.